The van der Waals surface area contributed by atoms with Crippen molar-refractivity contribution < 1.29 is 9.53 Å². The van der Waals surface area contributed by atoms with E-state index in [9.17, 15) is 4.79 Å². The van der Waals surface area contributed by atoms with E-state index >= 15 is 0 Å². The molecule has 2 aromatic rings. The lowest BCUT2D eigenvalue weighted by molar-refractivity contribution is 0.0939. The normalized spacial score (nSPS) is 11.4. The summed E-state index contributed by atoms with van der Waals surface area (Å²) >= 11 is 0. The van der Waals surface area contributed by atoms with Crippen molar-refractivity contribution in [3.05, 3.63) is 84.1 Å². The molecule has 2 aromatic carbocycles. The molecule has 1 atom stereocenters. The predicted molar refractivity (Wildman–Crippen MR) is 98.5 cm³/mol. The molecule has 0 saturated heterocycles. The number of ether oxygens (including phenoxy) is 1. The molecule has 0 bridgehead atoms. The fraction of sp³-hybridized carbons (Fsp3) is 0.273. The number of allylic oxidation sites excluding steroid dienone is 1. The average Bonchev–Trinajstić information content (AvgIpc) is 2.62. The van der Waals surface area contributed by atoms with Crippen LogP contribution in [0.5, 0.6) is 5.75 Å². The summed E-state index contributed by atoms with van der Waals surface area (Å²) < 4.78 is 5.42. The first-order valence-corrected chi connectivity index (χ1v) is 8.41. The zero-order chi connectivity index (χ0) is 17.2. The molecule has 0 aliphatic heterocycles. The molecule has 2 rings (SSSR count). The lowest BCUT2D eigenvalue weighted by Crippen LogP contribution is -2.13. The number of hydrogen-bond acceptors (Lipinski definition) is 2. The molecule has 0 radical (unpaired) electrons. The van der Waals surface area contributed by atoms with Crippen LogP contribution >= 0.6 is 0 Å². The molecule has 1 unspecified atom stereocenters. The first-order chi connectivity index (χ1) is 11.7. The lowest BCUT2D eigenvalue weighted by Gasteiger charge is -2.12. The van der Waals surface area contributed by atoms with Gasteiger partial charge in [0.25, 0.3) is 0 Å². The van der Waals surface area contributed by atoms with E-state index in [1.54, 1.807) is 6.08 Å². The number of Topliss-reactive ketones (excluding diaryl/α,β-unsaturated/α-hetero) is 1. The number of rotatable bonds is 9. The van der Waals surface area contributed by atoms with Gasteiger partial charge in [-0.2, -0.15) is 0 Å². The summed E-state index contributed by atoms with van der Waals surface area (Å²) in [5.41, 5.74) is 4.78. The van der Waals surface area contributed by atoms with Gasteiger partial charge in [0.2, 0.25) is 0 Å². The molecule has 0 N–H and O–H groups in total. The molecule has 0 amide bonds. The van der Waals surface area contributed by atoms with Crippen LogP contribution in [0.4, 0.5) is 0 Å². The summed E-state index contributed by atoms with van der Waals surface area (Å²) in [5.74, 6) is 0.723. The Morgan fingerprint density at radius 1 is 1.17 bits per heavy atom. The molecular formula is C22H24O2. The van der Waals surface area contributed by atoms with E-state index in [2.05, 4.69) is 24.4 Å². The van der Waals surface area contributed by atoms with Crippen LogP contribution in [0.2, 0.25) is 0 Å². The van der Waals surface area contributed by atoms with E-state index in [0.29, 0.717) is 12.2 Å². The van der Waals surface area contributed by atoms with Crippen LogP contribution in [-0.2, 0) is 6.42 Å². The molecule has 2 heteroatoms. The van der Waals surface area contributed by atoms with Crippen LogP contribution in [0.3, 0.4) is 0 Å². The Balaban J connectivity index is 1.98. The van der Waals surface area contributed by atoms with Gasteiger partial charge in [-0.1, -0.05) is 36.9 Å². The Bertz CT molecular complexity index is 680. The second-order valence-corrected chi connectivity index (χ2v) is 5.68. The van der Waals surface area contributed by atoms with Gasteiger partial charge in [0.15, 0.2) is 5.78 Å². The van der Waals surface area contributed by atoms with Crippen molar-refractivity contribution in [2.24, 2.45) is 5.92 Å². The van der Waals surface area contributed by atoms with E-state index in [4.69, 9.17) is 4.74 Å². The largest absolute Gasteiger partial charge is 0.494 e. The Morgan fingerprint density at radius 2 is 1.88 bits per heavy atom. The first kappa shape index (κ1) is 17.8. The Labute approximate surface area is 144 Å². The third kappa shape index (κ3) is 5.26. The molecule has 0 heterocycles. The maximum atomic E-state index is 12.7. The molecule has 0 aliphatic carbocycles. The topological polar surface area (TPSA) is 26.3 Å². The van der Waals surface area contributed by atoms with Crippen LogP contribution in [-0.4, -0.2) is 12.4 Å². The number of carbonyl (C=O) groups excluding carboxylic acids is 1. The number of benzene rings is 2. The minimum absolute atomic E-state index is 0.113. The highest BCUT2D eigenvalue weighted by Crippen LogP contribution is 2.20. The standard InChI is InChI=1S/C22H24O2/c1-3-9-19(13-8-12-18-10-6-5-7-11-18)22(23)20-14-16-21(17-15-20)24-4-2/h5-7,9-11,14-17,19H,1,4,8,12-13H2,2H3. The molecule has 0 saturated carbocycles. The minimum atomic E-state index is -0.177. The van der Waals surface area contributed by atoms with Crippen molar-refractivity contribution in [2.75, 3.05) is 6.61 Å². The zero-order valence-electron chi connectivity index (χ0n) is 14.2. The predicted octanol–water partition coefficient (Wildman–Crippen LogP) is 5.25. The van der Waals surface area contributed by atoms with Gasteiger partial charge in [0.05, 0.1) is 6.61 Å². The third-order valence-corrected chi connectivity index (χ3v) is 3.93. The van der Waals surface area contributed by atoms with Gasteiger partial charge in [-0.25, -0.2) is 0 Å². The highest BCUT2D eigenvalue weighted by molar-refractivity contribution is 5.99. The summed E-state index contributed by atoms with van der Waals surface area (Å²) in [6.45, 7) is 6.19. The van der Waals surface area contributed by atoms with Crippen LogP contribution in [0, 0.1) is 5.92 Å². The minimum Gasteiger partial charge on any atom is -0.494 e. The quantitative estimate of drug-likeness (QED) is 0.466. The average molecular weight is 320 g/mol. The molecule has 0 aliphatic rings. The van der Waals surface area contributed by atoms with Gasteiger partial charge in [-0.3, -0.25) is 4.79 Å². The third-order valence-electron chi connectivity index (χ3n) is 3.93. The van der Waals surface area contributed by atoms with Gasteiger partial charge >= 0.3 is 0 Å². The van der Waals surface area contributed by atoms with E-state index < -0.39 is 0 Å². The van der Waals surface area contributed by atoms with Gasteiger partial charge in [-0.15, -0.1) is 5.73 Å². The molecule has 2 nitrogen and oxygen atoms in total. The molecule has 0 spiro atoms. The second-order valence-electron chi connectivity index (χ2n) is 5.68. The van der Waals surface area contributed by atoms with Gasteiger partial charge in [-0.05, 0) is 62.1 Å². The number of carbonyl (C=O) groups is 1. The summed E-state index contributed by atoms with van der Waals surface area (Å²) in [5, 5.41) is 0. The zero-order valence-corrected chi connectivity index (χ0v) is 14.2. The van der Waals surface area contributed by atoms with E-state index in [1.807, 2.05) is 49.4 Å². The molecule has 0 aromatic heterocycles. The van der Waals surface area contributed by atoms with Crippen LogP contribution in [0.1, 0.15) is 35.7 Å². The highest BCUT2D eigenvalue weighted by atomic mass is 16.5. The maximum Gasteiger partial charge on any atom is 0.170 e. The number of ketones is 1. The second kappa shape index (κ2) is 9.54. The summed E-state index contributed by atoms with van der Waals surface area (Å²) in [6.07, 6.45) is 4.50. The lowest BCUT2D eigenvalue weighted by atomic mass is 9.91. The van der Waals surface area contributed by atoms with Gasteiger partial charge in [0.1, 0.15) is 5.75 Å². The fourth-order valence-electron chi connectivity index (χ4n) is 2.70. The smallest absolute Gasteiger partial charge is 0.170 e. The molecule has 24 heavy (non-hydrogen) atoms. The van der Waals surface area contributed by atoms with Crippen molar-refractivity contribution in [2.45, 2.75) is 26.2 Å². The van der Waals surface area contributed by atoms with E-state index in [0.717, 1.165) is 25.0 Å². The Hall–Kier alpha value is -2.57. The summed E-state index contributed by atoms with van der Waals surface area (Å²) in [7, 11) is 0. The van der Waals surface area contributed by atoms with Crippen LogP contribution in [0.15, 0.2) is 73.0 Å². The Morgan fingerprint density at radius 3 is 2.50 bits per heavy atom. The Kier molecular flexibility index (Phi) is 7.07. The van der Waals surface area contributed by atoms with Crippen LogP contribution in [0.25, 0.3) is 0 Å². The van der Waals surface area contributed by atoms with Gasteiger partial charge in [0, 0.05) is 11.5 Å². The van der Waals surface area contributed by atoms with Crippen molar-refractivity contribution in [1.29, 1.82) is 0 Å². The number of aryl methyl sites for hydroxylation is 1. The van der Waals surface area contributed by atoms with Gasteiger partial charge < -0.3 is 4.74 Å². The van der Waals surface area contributed by atoms with Crippen molar-refractivity contribution in [3.63, 3.8) is 0 Å². The first-order valence-electron chi connectivity index (χ1n) is 8.41. The highest BCUT2D eigenvalue weighted by Gasteiger charge is 2.17. The van der Waals surface area contributed by atoms with E-state index in [1.165, 1.54) is 5.56 Å². The molecule has 124 valence electrons. The fourth-order valence-corrected chi connectivity index (χ4v) is 2.70. The van der Waals surface area contributed by atoms with E-state index in [-0.39, 0.29) is 11.7 Å². The summed E-state index contributed by atoms with van der Waals surface area (Å²) in [6, 6.07) is 17.7. The molecular weight excluding hydrogens is 296 g/mol. The number of hydrogen-bond donors (Lipinski definition) is 0. The maximum absolute atomic E-state index is 12.7. The van der Waals surface area contributed by atoms with Crippen molar-refractivity contribution in [3.8, 4) is 5.75 Å². The van der Waals surface area contributed by atoms with Crippen molar-refractivity contribution in [1.82, 2.24) is 0 Å². The molecule has 0 fully saturated rings. The van der Waals surface area contributed by atoms with Crippen LogP contribution < -0.4 is 4.74 Å². The monoisotopic (exact) mass is 320 g/mol. The van der Waals surface area contributed by atoms with Crippen molar-refractivity contribution >= 4 is 5.78 Å². The SMILES string of the molecule is C=C=CC(CCCc1ccccc1)C(=O)c1ccc(OCC)cc1. The summed E-state index contributed by atoms with van der Waals surface area (Å²) in [4.78, 5) is 12.7.